The van der Waals surface area contributed by atoms with Crippen molar-refractivity contribution >= 4 is 40.6 Å². The van der Waals surface area contributed by atoms with Crippen molar-refractivity contribution in [3.8, 4) is 0 Å². The van der Waals surface area contributed by atoms with Gasteiger partial charge in [-0.25, -0.2) is 9.97 Å². The van der Waals surface area contributed by atoms with Crippen LogP contribution in [0, 0.1) is 0 Å². The molecule has 0 aliphatic rings. The van der Waals surface area contributed by atoms with Gasteiger partial charge in [0, 0.05) is 23.2 Å². The molecule has 0 amide bonds. The first-order chi connectivity index (χ1) is 9.84. The van der Waals surface area contributed by atoms with Crippen molar-refractivity contribution in [1.29, 1.82) is 0 Å². The van der Waals surface area contributed by atoms with Crippen LogP contribution in [0.3, 0.4) is 0 Å². The topological polar surface area (TPSA) is 42.9 Å². The van der Waals surface area contributed by atoms with E-state index < -0.39 is 0 Å². The standard InChI is InChI=1S/C15H12N2OS2/c18-13(5-1-3-7-14-16-9-11-19-14)6-2-4-8-15-17-10-12-20-15/h1-12H/b5-1+,6-2+,7-3+,8-4+. The molecule has 0 radical (unpaired) electrons. The number of carbonyl (C=O) groups excluding carboxylic acids is 1. The zero-order valence-electron chi connectivity index (χ0n) is 10.5. The molecule has 0 fully saturated rings. The lowest BCUT2D eigenvalue weighted by Crippen LogP contribution is -1.82. The highest BCUT2D eigenvalue weighted by Crippen LogP contribution is 2.06. The van der Waals surface area contributed by atoms with E-state index in [9.17, 15) is 4.79 Å². The van der Waals surface area contributed by atoms with Crippen molar-refractivity contribution < 1.29 is 4.79 Å². The molecule has 0 aliphatic carbocycles. The Hall–Kier alpha value is -2.11. The second kappa shape index (κ2) is 8.14. The van der Waals surface area contributed by atoms with Gasteiger partial charge in [0.25, 0.3) is 0 Å². The largest absolute Gasteiger partial charge is 0.290 e. The fourth-order valence-electron chi connectivity index (χ4n) is 1.27. The predicted octanol–water partition coefficient (Wildman–Crippen LogP) is 4.01. The first kappa shape index (κ1) is 14.3. The summed E-state index contributed by atoms with van der Waals surface area (Å²) in [7, 11) is 0. The highest BCUT2D eigenvalue weighted by molar-refractivity contribution is 7.10. The van der Waals surface area contributed by atoms with Gasteiger partial charge in [0.05, 0.1) is 0 Å². The van der Waals surface area contributed by atoms with Crippen molar-refractivity contribution in [3.63, 3.8) is 0 Å². The van der Waals surface area contributed by atoms with Crippen molar-refractivity contribution in [2.45, 2.75) is 0 Å². The van der Waals surface area contributed by atoms with Crippen LogP contribution in [0.25, 0.3) is 12.2 Å². The summed E-state index contributed by atoms with van der Waals surface area (Å²) in [5, 5.41) is 5.66. The van der Waals surface area contributed by atoms with E-state index in [0.29, 0.717) is 0 Å². The van der Waals surface area contributed by atoms with Crippen LogP contribution in [0.15, 0.2) is 59.6 Å². The zero-order valence-corrected chi connectivity index (χ0v) is 12.2. The van der Waals surface area contributed by atoms with Gasteiger partial charge in [0.15, 0.2) is 5.78 Å². The number of nitrogens with zero attached hydrogens (tertiary/aromatic N) is 2. The molecule has 3 nitrogen and oxygen atoms in total. The van der Waals surface area contributed by atoms with E-state index in [2.05, 4.69) is 9.97 Å². The number of allylic oxidation sites excluding steroid dienone is 6. The molecule has 0 spiro atoms. The Balaban J connectivity index is 1.77. The Morgan fingerprint density at radius 1 is 0.850 bits per heavy atom. The van der Waals surface area contributed by atoms with Gasteiger partial charge >= 0.3 is 0 Å². The van der Waals surface area contributed by atoms with Crippen LogP contribution in [0.1, 0.15) is 10.0 Å². The molecule has 0 saturated heterocycles. The summed E-state index contributed by atoms with van der Waals surface area (Å²) in [4.78, 5) is 19.7. The third-order valence-corrected chi connectivity index (χ3v) is 3.61. The van der Waals surface area contributed by atoms with Crippen molar-refractivity contribution in [1.82, 2.24) is 9.97 Å². The van der Waals surface area contributed by atoms with Crippen molar-refractivity contribution in [2.24, 2.45) is 0 Å². The summed E-state index contributed by atoms with van der Waals surface area (Å²) in [5.41, 5.74) is 0. The van der Waals surface area contributed by atoms with Crippen LogP contribution in [0.5, 0.6) is 0 Å². The number of hydrogen-bond donors (Lipinski definition) is 0. The van der Waals surface area contributed by atoms with E-state index >= 15 is 0 Å². The maximum atomic E-state index is 11.5. The monoisotopic (exact) mass is 300 g/mol. The van der Waals surface area contributed by atoms with Gasteiger partial charge in [0.2, 0.25) is 0 Å². The van der Waals surface area contributed by atoms with Gasteiger partial charge in [-0.15, -0.1) is 22.7 Å². The molecule has 0 bridgehead atoms. The van der Waals surface area contributed by atoms with E-state index in [-0.39, 0.29) is 5.78 Å². The fourth-order valence-corrected chi connectivity index (χ4v) is 2.35. The van der Waals surface area contributed by atoms with E-state index in [4.69, 9.17) is 0 Å². The highest BCUT2D eigenvalue weighted by atomic mass is 32.1. The van der Waals surface area contributed by atoms with Gasteiger partial charge < -0.3 is 0 Å². The van der Waals surface area contributed by atoms with Crippen LogP contribution >= 0.6 is 22.7 Å². The molecule has 5 heteroatoms. The molecular formula is C15H12N2OS2. The van der Waals surface area contributed by atoms with E-state index in [1.54, 1.807) is 59.4 Å². The van der Waals surface area contributed by atoms with E-state index in [1.165, 1.54) is 12.2 Å². The SMILES string of the molecule is O=C(/C=C/C=C/c1nccs1)/C=C/C=C/c1nccs1. The normalized spacial score (nSPS) is 12.4. The van der Waals surface area contributed by atoms with Crippen LogP contribution < -0.4 is 0 Å². The lowest BCUT2D eigenvalue weighted by molar-refractivity contribution is -0.110. The van der Waals surface area contributed by atoms with Gasteiger partial charge in [-0.1, -0.05) is 24.3 Å². The molecule has 0 saturated carbocycles. The Kier molecular flexibility index (Phi) is 5.82. The molecule has 0 aromatic carbocycles. The van der Waals surface area contributed by atoms with Gasteiger partial charge in [0.1, 0.15) is 10.0 Å². The highest BCUT2D eigenvalue weighted by Gasteiger charge is 1.87. The molecule has 2 heterocycles. The van der Waals surface area contributed by atoms with Crippen LogP contribution in [0.2, 0.25) is 0 Å². The Bertz CT molecular complexity index is 579. The molecule has 0 N–H and O–H groups in total. The second-order valence-electron chi connectivity index (χ2n) is 3.58. The summed E-state index contributed by atoms with van der Waals surface area (Å²) in [5.74, 6) is -0.0578. The summed E-state index contributed by atoms with van der Waals surface area (Å²) < 4.78 is 0. The number of ketones is 1. The maximum absolute atomic E-state index is 11.5. The maximum Gasteiger partial charge on any atom is 0.178 e. The molecule has 0 atom stereocenters. The van der Waals surface area contributed by atoms with Gasteiger partial charge in [-0.2, -0.15) is 0 Å². The van der Waals surface area contributed by atoms with Crippen LogP contribution in [0.4, 0.5) is 0 Å². The average molecular weight is 300 g/mol. The summed E-state index contributed by atoms with van der Waals surface area (Å²) in [6, 6.07) is 0. The van der Waals surface area contributed by atoms with Crippen LogP contribution in [-0.2, 0) is 4.79 Å². The van der Waals surface area contributed by atoms with E-state index in [0.717, 1.165) is 10.0 Å². The first-order valence-corrected chi connectivity index (χ1v) is 7.63. The Morgan fingerprint density at radius 3 is 1.75 bits per heavy atom. The number of thiazole rings is 2. The van der Waals surface area contributed by atoms with Crippen molar-refractivity contribution in [3.05, 3.63) is 69.6 Å². The number of aromatic nitrogens is 2. The Labute approximate surface area is 125 Å². The van der Waals surface area contributed by atoms with E-state index in [1.807, 2.05) is 22.9 Å². The molecule has 0 aliphatic heterocycles. The zero-order chi connectivity index (χ0) is 14.0. The van der Waals surface area contributed by atoms with Crippen molar-refractivity contribution in [2.75, 3.05) is 0 Å². The number of hydrogen-bond acceptors (Lipinski definition) is 5. The minimum atomic E-state index is -0.0578. The molecule has 2 rings (SSSR count). The minimum absolute atomic E-state index is 0.0578. The smallest absolute Gasteiger partial charge is 0.178 e. The first-order valence-electron chi connectivity index (χ1n) is 5.87. The third-order valence-electron chi connectivity index (χ3n) is 2.12. The molecule has 0 unspecified atom stereocenters. The minimum Gasteiger partial charge on any atom is -0.290 e. The Morgan fingerprint density at radius 2 is 1.35 bits per heavy atom. The van der Waals surface area contributed by atoms with Crippen LogP contribution in [-0.4, -0.2) is 15.8 Å². The fraction of sp³-hybridized carbons (Fsp3) is 0. The molecule has 100 valence electrons. The average Bonchev–Trinajstić information content (AvgIpc) is 3.13. The lowest BCUT2D eigenvalue weighted by atomic mass is 10.3. The van der Waals surface area contributed by atoms with Gasteiger partial charge in [-0.05, 0) is 24.3 Å². The lowest BCUT2D eigenvalue weighted by Gasteiger charge is -1.81. The molecular weight excluding hydrogens is 288 g/mol. The molecule has 2 aromatic rings. The second-order valence-corrected chi connectivity index (χ2v) is 5.43. The number of rotatable bonds is 6. The quantitative estimate of drug-likeness (QED) is 0.598. The molecule has 20 heavy (non-hydrogen) atoms. The summed E-state index contributed by atoms with van der Waals surface area (Å²) in [6.45, 7) is 0. The number of carbonyl (C=O) groups is 1. The molecule has 2 aromatic heterocycles. The predicted molar refractivity (Wildman–Crippen MR) is 85.6 cm³/mol. The van der Waals surface area contributed by atoms with Gasteiger partial charge in [-0.3, -0.25) is 4.79 Å². The third kappa shape index (κ3) is 5.26. The summed E-state index contributed by atoms with van der Waals surface area (Å²) >= 11 is 3.10. The summed E-state index contributed by atoms with van der Waals surface area (Å²) in [6.07, 6.45) is 17.3.